The molecule has 1 saturated carbocycles. The van der Waals surface area contributed by atoms with Crippen LogP contribution in [0.15, 0.2) is 22.8 Å². The maximum Gasteiger partial charge on any atom is 0.391 e. The van der Waals surface area contributed by atoms with Crippen molar-refractivity contribution in [3.63, 3.8) is 0 Å². The molecule has 0 radical (unpaired) electrons. The first-order chi connectivity index (χ1) is 9.88. The Balaban J connectivity index is 1.89. The number of hydrogen-bond donors (Lipinski definition) is 1. The molecule has 6 heteroatoms. The van der Waals surface area contributed by atoms with Crippen molar-refractivity contribution >= 4 is 0 Å². The van der Waals surface area contributed by atoms with Gasteiger partial charge in [-0.1, -0.05) is 6.42 Å². The van der Waals surface area contributed by atoms with Crippen molar-refractivity contribution in [2.24, 2.45) is 5.92 Å². The zero-order valence-corrected chi connectivity index (χ0v) is 12.5. The van der Waals surface area contributed by atoms with E-state index in [1.165, 1.54) is 0 Å². The van der Waals surface area contributed by atoms with Crippen molar-refractivity contribution in [2.75, 3.05) is 20.6 Å². The van der Waals surface area contributed by atoms with Gasteiger partial charge in [0.1, 0.15) is 5.76 Å². The van der Waals surface area contributed by atoms with Crippen LogP contribution >= 0.6 is 0 Å². The molecule has 1 N–H and O–H groups in total. The predicted molar refractivity (Wildman–Crippen MR) is 74.9 cm³/mol. The molecule has 1 aromatic heterocycles. The summed E-state index contributed by atoms with van der Waals surface area (Å²) in [6, 6.07) is 3.69. The molecule has 0 bridgehead atoms. The van der Waals surface area contributed by atoms with Gasteiger partial charge >= 0.3 is 6.18 Å². The number of halogens is 3. The largest absolute Gasteiger partial charge is 0.468 e. The van der Waals surface area contributed by atoms with E-state index in [1.54, 1.807) is 6.26 Å². The van der Waals surface area contributed by atoms with Crippen LogP contribution in [0.4, 0.5) is 13.2 Å². The molecule has 0 spiro atoms. The molecule has 1 fully saturated rings. The summed E-state index contributed by atoms with van der Waals surface area (Å²) < 4.78 is 43.9. The van der Waals surface area contributed by atoms with E-state index in [-0.39, 0.29) is 24.9 Å². The lowest BCUT2D eigenvalue weighted by Crippen LogP contribution is -2.42. The highest BCUT2D eigenvalue weighted by Crippen LogP contribution is 2.37. The van der Waals surface area contributed by atoms with Crippen LogP contribution in [0.2, 0.25) is 0 Å². The number of hydrogen-bond acceptors (Lipinski definition) is 3. The lowest BCUT2D eigenvalue weighted by atomic mass is 9.85. The second-order valence-corrected chi connectivity index (χ2v) is 6.01. The third-order valence-corrected chi connectivity index (χ3v) is 4.23. The molecule has 21 heavy (non-hydrogen) atoms. The van der Waals surface area contributed by atoms with Crippen LogP contribution in [0.25, 0.3) is 0 Å². The Morgan fingerprint density at radius 3 is 2.71 bits per heavy atom. The molecular formula is C15H23F3N2O. The topological polar surface area (TPSA) is 28.4 Å². The van der Waals surface area contributed by atoms with Gasteiger partial charge in [-0.25, -0.2) is 0 Å². The summed E-state index contributed by atoms with van der Waals surface area (Å²) in [6.07, 6.45) is -0.562. The molecule has 1 aromatic rings. The van der Waals surface area contributed by atoms with Crippen molar-refractivity contribution in [3.05, 3.63) is 24.2 Å². The summed E-state index contributed by atoms with van der Waals surface area (Å²) in [4.78, 5) is 2.01. The molecule has 1 heterocycles. The van der Waals surface area contributed by atoms with E-state index in [9.17, 15) is 13.2 Å². The minimum absolute atomic E-state index is 0.0336. The fourth-order valence-electron chi connectivity index (χ4n) is 2.97. The van der Waals surface area contributed by atoms with E-state index < -0.39 is 12.1 Å². The Labute approximate surface area is 123 Å². The molecule has 1 aliphatic rings. The first-order valence-corrected chi connectivity index (χ1v) is 7.38. The van der Waals surface area contributed by atoms with E-state index in [0.717, 1.165) is 12.2 Å². The minimum atomic E-state index is -4.07. The van der Waals surface area contributed by atoms with Gasteiger partial charge < -0.3 is 9.73 Å². The number of nitrogens with zero attached hydrogens (tertiary/aromatic N) is 1. The van der Waals surface area contributed by atoms with E-state index in [4.69, 9.17) is 4.42 Å². The van der Waals surface area contributed by atoms with Gasteiger partial charge in [-0.2, -0.15) is 13.2 Å². The Morgan fingerprint density at radius 2 is 2.14 bits per heavy atom. The Bertz CT molecular complexity index is 417. The standard InChI is InChI=1S/C15H23F3N2O/c1-20(2)13(14-7-4-8-21-14)10-19-12-6-3-5-11(9-12)15(16,17)18/h4,7-8,11-13,19H,3,5-6,9-10H2,1-2H3. The van der Waals surface area contributed by atoms with Crippen LogP contribution in [0, 0.1) is 5.92 Å². The summed E-state index contributed by atoms with van der Waals surface area (Å²) in [5, 5.41) is 3.29. The molecule has 0 amide bonds. The second-order valence-electron chi connectivity index (χ2n) is 6.01. The fraction of sp³-hybridized carbons (Fsp3) is 0.733. The van der Waals surface area contributed by atoms with E-state index >= 15 is 0 Å². The van der Waals surface area contributed by atoms with Crippen molar-refractivity contribution in [1.82, 2.24) is 10.2 Å². The highest BCUT2D eigenvalue weighted by Gasteiger charge is 2.42. The molecule has 0 aromatic carbocycles. The summed E-state index contributed by atoms with van der Waals surface area (Å²) in [5.41, 5.74) is 0. The van der Waals surface area contributed by atoms with E-state index in [2.05, 4.69) is 5.32 Å². The average molecular weight is 304 g/mol. The van der Waals surface area contributed by atoms with Crippen molar-refractivity contribution in [1.29, 1.82) is 0 Å². The molecule has 0 aliphatic heterocycles. The SMILES string of the molecule is CN(C)C(CNC1CCCC(C(F)(F)F)C1)c1ccco1. The summed E-state index contributed by atoms with van der Waals surface area (Å²) in [5.74, 6) is -0.333. The number of rotatable bonds is 5. The predicted octanol–water partition coefficient (Wildman–Crippen LogP) is 3.59. The summed E-state index contributed by atoms with van der Waals surface area (Å²) in [7, 11) is 3.88. The van der Waals surface area contributed by atoms with Gasteiger partial charge in [-0.15, -0.1) is 0 Å². The minimum Gasteiger partial charge on any atom is -0.468 e. The van der Waals surface area contributed by atoms with Gasteiger partial charge in [0.25, 0.3) is 0 Å². The summed E-state index contributed by atoms with van der Waals surface area (Å²) in [6.45, 7) is 0.593. The van der Waals surface area contributed by atoms with Crippen molar-refractivity contribution in [3.8, 4) is 0 Å². The monoisotopic (exact) mass is 304 g/mol. The smallest absolute Gasteiger partial charge is 0.391 e. The molecule has 120 valence electrons. The van der Waals surface area contributed by atoms with Gasteiger partial charge in [0.15, 0.2) is 0 Å². The van der Waals surface area contributed by atoms with Crippen molar-refractivity contribution < 1.29 is 17.6 Å². The third-order valence-electron chi connectivity index (χ3n) is 4.23. The lowest BCUT2D eigenvalue weighted by Gasteiger charge is -2.33. The zero-order valence-electron chi connectivity index (χ0n) is 12.5. The van der Waals surface area contributed by atoms with Gasteiger partial charge in [-0.05, 0) is 45.5 Å². The van der Waals surface area contributed by atoms with Crippen LogP contribution in [0.3, 0.4) is 0 Å². The number of nitrogens with one attached hydrogen (secondary N) is 1. The molecule has 0 saturated heterocycles. The molecule has 3 atom stereocenters. The summed E-state index contributed by atoms with van der Waals surface area (Å²) >= 11 is 0. The van der Waals surface area contributed by atoms with Gasteiger partial charge in [-0.3, -0.25) is 4.90 Å². The first kappa shape index (κ1) is 16.4. The number of furan rings is 1. The first-order valence-electron chi connectivity index (χ1n) is 7.38. The van der Waals surface area contributed by atoms with Crippen LogP contribution in [-0.2, 0) is 0 Å². The van der Waals surface area contributed by atoms with Crippen LogP contribution < -0.4 is 5.32 Å². The Hall–Kier alpha value is -1.01. The van der Waals surface area contributed by atoms with Crippen LogP contribution in [0.1, 0.15) is 37.5 Å². The Kier molecular flexibility index (Phi) is 5.32. The normalized spacial score (nSPS) is 25.2. The molecule has 2 rings (SSSR count). The highest BCUT2D eigenvalue weighted by atomic mass is 19.4. The molecule has 1 aliphatic carbocycles. The Morgan fingerprint density at radius 1 is 1.38 bits per heavy atom. The van der Waals surface area contributed by atoms with Gasteiger partial charge in [0, 0.05) is 12.6 Å². The maximum absolute atomic E-state index is 12.8. The van der Waals surface area contributed by atoms with Gasteiger partial charge in [0.2, 0.25) is 0 Å². The quantitative estimate of drug-likeness (QED) is 0.901. The van der Waals surface area contributed by atoms with Crippen LogP contribution in [0.5, 0.6) is 0 Å². The van der Waals surface area contributed by atoms with Crippen LogP contribution in [-0.4, -0.2) is 37.8 Å². The third kappa shape index (κ3) is 4.48. The number of alkyl halides is 3. The number of likely N-dealkylation sites (N-methyl/N-ethyl adjacent to an activating group) is 1. The van der Waals surface area contributed by atoms with E-state index in [0.29, 0.717) is 13.0 Å². The maximum atomic E-state index is 12.8. The second kappa shape index (κ2) is 6.83. The highest BCUT2D eigenvalue weighted by molar-refractivity contribution is 5.05. The molecule has 3 unspecified atom stereocenters. The van der Waals surface area contributed by atoms with E-state index in [1.807, 2.05) is 31.1 Å². The molecule has 3 nitrogen and oxygen atoms in total. The average Bonchev–Trinajstić information content (AvgIpc) is 2.92. The van der Waals surface area contributed by atoms with Gasteiger partial charge in [0.05, 0.1) is 18.2 Å². The zero-order chi connectivity index (χ0) is 15.5. The fourth-order valence-corrected chi connectivity index (χ4v) is 2.97. The molecular weight excluding hydrogens is 281 g/mol. The van der Waals surface area contributed by atoms with Crippen molar-refractivity contribution in [2.45, 2.75) is 43.9 Å². The lowest BCUT2D eigenvalue weighted by molar-refractivity contribution is -0.183.